The first-order valence-electron chi connectivity index (χ1n) is 24.2. The number of ether oxygens (including phenoxy) is 3. The van der Waals surface area contributed by atoms with Crippen LogP contribution in [-0.2, 0) is 28.6 Å². The van der Waals surface area contributed by atoms with Gasteiger partial charge in [-0.2, -0.15) is 0 Å². The first-order chi connectivity index (χ1) is 28.0. The van der Waals surface area contributed by atoms with Crippen molar-refractivity contribution >= 4 is 17.9 Å². The summed E-state index contributed by atoms with van der Waals surface area (Å²) in [5.41, 5.74) is 0. The van der Waals surface area contributed by atoms with E-state index in [0.29, 0.717) is 19.3 Å². The quantitative estimate of drug-likeness (QED) is 0.0201. The first-order valence-corrected chi connectivity index (χ1v) is 24.2. The number of carbonyl (C=O) groups is 3. The Bertz CT molecular complexity index is 1010. The van der Waals surface area contributed by atoms with Gasteiger partial charge in [-0.3, -0.25) is 14.4 Å². The minimum absolute atomic E-state index is 0.0977. The zero-order valence-electron chi connectivity index (χ0n) is 37.6. The Hall–Kier alpha value is -2.63. The molecule has 0 aliphatic carbocycles. The lowest BCUT2D eigenvalue weighted by molar-refractivity contribution is -0.166. The topological polar surface area (TPSA) is 78.9 Å². The Balaban J connectivity index is 4.45. The van der Waals surface area contributed by atoms with Gasteiger partial charge in [0.05, 0.1) is 0 Å². The highest BCUT2D eigenvalue weighted by molar-refractivity contribution is 5.71. The summed E-state index contributed by atoms with van der Waals surface area (Å²) in [6.45, 7) is 6.53. The van der Waals surface area contributed by atoms with Crippen molar-refractivity contribution in [3.05, 3.63) is 48.6 Å². The first kappa shape index (κ1) is 54.4. The van der Waals surface area contributed by atoms with Crippen LogP contribution in [0.1, 0.15) is 239 Å². The third-order valence-corrected chi connectivity index (χ3v) is 10.3. The van der Waals surface area contributed by atoms with Crippen molar-refractivity contribution in [1.29, 1.82) is 0 Å². The minimum atomic E-state index is -0.804. The summed E-state index contributed by atoms with van der Waals surface area (Å²) in [6.07, 6.45) is 53.9. The molecule has 0 amide bonds. The Labute approximate surface area is 352 Å². The van der Waals surface area contributed by atoms with Crippen LogP contribution in [0.15, 0.2) is 48.6 Å². The van der Waals surface area contributed by atoms with Crippen molar-refractivity contribution in [2.24, 2.45) is 0 Å². The fourth-order valence-electron chi connectivity index (χ4n) is 6.66. The van der Waals surface area contributed by atoms with Gasteiger partial charge in [-0.1, -0.05) is 204 Å². The third kappa shape index (κ3) is 44.3. The van der Waals surface area contributed by atoms with E-state index in [0.717, 1.165) is 57.8 Å². The van der Waals surface area contributed by atoms with Crippen LogP contribution in [0.5, 0.6) is 0 Å². The highest BCUT2D eigenvalue weighted by atomic mass is 16.6. The Morgan fingerprint density at radius 2 is 0.719 bits per heavy atom. The summed E-state index contributed by atoms with van der Waals surface area (Å²) in [5.74, 6) is -0.977. The van der Waals surface area contributed by atoms with Gasteiger partial charge >= 0.3 is 17.9 Å². The minimum Gasteiger partial charge on any atom is -0.462 e. The van der Waals surface area contributed by atoms with Crippen LogP contribution in [0.3, 0.4) is 0 Å². The van der Waals surface area contributed by atoms with Crippen LogP contribution in [0, 0.1) is 0 Å². The number of hydrogen-bond acceptors (Lipinski definition) is 6. The fourth-order valence-corrected chi connectivity index (χ4v) is 6.66. The van der Waals surface area contributed by atoms with E-state index in [1.54, 1.807) is 0 Å². The molecule has 0 radical (unpaired) electrons. The van der Waals surface area contributed by atoms with Crippen molar-refractivity contribution in [3.63, 3.8) is 0 Å². The molecule has 6 nitrogen and oxygen atoms in total. The highest BCUT2D eigenvalue weighted by Crippen LogP contribution is 2.14. The Morgan fingerprint density at radius 3 is 1.18 bits per heavy atom. The number of esters is 3. The van der Waals surface area contributed by atoms with Crippen LogP contribution in [0.4, 0.5) is 0 Å². The molecule has 0 aromatic rings. The lowest BCUT2D eigenvalue weighted by Gasteiger charge is -2.18. The van der Waals surface area contributed by atoms with Crippen LogP contribution in [-0.4, -0.2) is 37.2 Å². The van der Waals surface area contributed by atoms with Gasteiger partial charge in [0.1, 0.15) is 13.2 Å². The van der Waals surface area contributed by atoms with Crippen molar-refractivity contribution in [2.75, 3.05) is 13.2 Å². The summed E-state index contributed by atoms with van der Waals surface area (Å²) in [5, 5.41) is 0. The summed E-state index contributed by atoms with van der Waals surface area (Å²) < 4.78 is 16.7. The standard InChI is InChI=1S/C51H90O6/c1-4-7-10-13-16-19-22-24-25-27-29-32-35-38-41-44-50(53)56-47-48(46-55-49(52)43-40-37-34-31-28-21-18-15-12-9-6-3)57-51(54)45-42-39-36-33-30-26-23-20-17-14-11-8-5-2/h16,19,22,24,26,30,36,39,48H,4-15,17-18,20-21,23,25,27-29,31-35,37-38,40-47H2,1-3H3/b19-16-,24-22-,30-26-,39-36-. The molecule has 0 aromatic carbocycles. The summed E-state index contributed by atoms with van der Waals surface area (Å²) in [7, 11) is 0. The van der Waals surface area contributed by atoms with Gasteiger partial charge in [0.2, 0.25) is 0 Å². The molecule has 6 heteroatoms. The van der Waals surface area contributed by atoms with Gasteiger partial charge in [0.25, 0.3) is 0 Å². The second kappa shape index (κ2) is 46.1. The molecule has 1 unspecified atom stereocenters. The number of hydrogen-bond donors (Lipinski definition) is 0. The van der Waals surface area contributed by atoms with Gasteiger partial charge in [-0.05, 0) is 64.2 Å². The molecular formula is C51H90O6. The van der Waals surface area contributed by atoms with E-state index in [1.807, 2.05) is 6.08 Å². The van der Waals surface area contributed by atoms with Crippen molar-refractivity contribution in [3.8, 4) is 0 Å². The molecule has 0 saturated carbocycles. The zero-order chi connectivity index (χ0) is 41.5. The second-order valence-corrected chi connectivity index (χ2v) is 16.0. The molecule has 0 spiro atoms. The molecule has 0 aromatic heterocycles. The van der Waals surface area contributed by atoms with E-state index in [2.05, 4.69) is 63.3 Å². The van der Waals surface area contributed by atoms with E-state index in [9.17, 15) is 14.4 Å². The average Bonchev–Trinajstić information content (AvgIpc) is 3.21. The van der Waals surface area contributed by atoms with E-state index in [4.69, 9.17) is 14.2 Å². The molecule has 0 rings (SSSR count). The molecule has 1 atom stereocenters. The van der Waals surface area contributed by atoms with Gasteiger partial charge in [-0.25, -0.2) is 0 Å². The molecule has 330 valence electrons. The molecule has 0 heterocycles. The van der Waals surface area contributed by atoms with Gasteiger partial charge in [-0.15, -0.1) is 0 Å². The van der Waals surface area contributed by atoms with Crippen LogP contribution < -0.4 is 0 Å². The van der Waals surface area contributed by atoms with Gasteiger partial charge in [0.15, 0.2) is 6.10 Å². The summed E-state index contributed by atoms with van der Waals surface area (Å²) in [6, 6.07) is 0. The smallest absolute Gasteiger partial charge is 0.306 e. The van der Waals surface area contributed by atoms with Crippen molar-refractivity contribution in [1.82, 2.24) is 0 Å². The fraction of sp³-hybridized carbons (Fsp3) is 0.784. The average molecular weight is 799 g/mol. The Morgan fingerprint density at radius 1 is 0.368 bits per heavy atom. The maximum absolute atomic E-state index is 12.7. The van der Waals surface area contributed by atoms with Gasteiger partial charge < -0.3 is 14.2 Å². The molecule has 0 fully saturated rings. The SMILES string of the molecule is CCCCC/C=C\C=C/CCCCCCCCC(=O)OCC(COC(=O)CCCCCCCCCCCCC)OC(=O)CC/C=C\C/C=C\CCCCCCCC. The second-order valence-electron chi connectivity index (χ2n) is 16.0. The highest BCUT2D eigenvalue weighted by Gasteiger charge is 2.19. The maximum atomic E-state index is 12.7. The molecule has 0 N–H and O–H groups in total. The lowest BCUT2D eigenvalue weighted by atomic mass is 10.1. The van der Waals surface area contributed by atoms with E-state index >= 15 is 0 Å². The molecular weight excluding hydrogens is 709 g/mol. The Kier molecular flexibility index (Phi) is 43.9. The van der Waals surface area contributed by atoms with Crippen LogP contribution in [0.2, 0.25) is 0 Å². The van der Waals surface area contributed by atoms with Crippen molar-refractivity contribution in [2.45, 2.75) is 245 Å². The van der Waals surface area contributed by atoms with Crippen LogP contribution in [0.25, 0.3) is 0 Å². The molecule has 0 aliphatic heterocycles. The zero-order valence-corrected chi connectivity index (χ0v) is 37.6. The summed E-state index contributed by atoms with van der Waals surface area (Å²) in [4.78, 5) is 37.8. The van der Waals surface area contributed by atoms with E-state index in [-0.39, 0.29) is 37.5 Å². The third-order valence-electron chi connectivity index (χ3n) is 10.3. The largest absolute Gasteiger partial charge is 0.462 e. The predicted octanol–water partition coefficient (Wildman–Crippen LogP) is 15.5. The number of allylic oxidation sites excluding steroid dienone is 8. The van der Waals surface area contributed by atoms with Crippen molar-refractivity contribution < 1.29 is 28.6 Å². The normalized spacial score (nSPS) is 12.4. The molecule has 57 heavy (non-hydrogen) atoms. The van der Waals surface area contributed by atoms with E-state index in [1.165, 1.54) is 135 Å². The monoisotopic (exact) mass is 799 g/mol. The maximum Gasteiger partial charge on any atom is 0.306 e. The predicted molar refractivity (Wildman–Crippen MR) is 242 cm³/mol. The van der Waals surface area contributed by atoms with E-state index < -0.39 is 6.10 Å². The van der Waals surface area contributed by atoms with Gasteiger partial charge in [0, 0.05) is 19.3 Å². The molecule has 0 aliphatic rings. The lowest BCUT2D eigenvalue weighted by Crippen LogP contribution is -2.30. The number of carbonyl (C=O) groups excluding carboxylic acids is 3. The van der Waals surface area contributed by atoms with Crippen LogP contribution >= 0.6 is 0 Å². The number of unbranched alkanes of at least 4 members (excludes halogenated alkanes) is 25. The molecule has 0 saturated heterocycles. The molecule has 0 bridgehead atoms. The number of rotatable bonds is 43. The summed E-state index contributed by atoms with van der Waals surface area (Å²) >= 11 is 0.